The van der Waals surface area contributed by atoms with E-state index >= 15 is 0 Å². The van der Waals surface area contributed by atoms with E-state index in [0.29, 0.717) is 25.1 Å². The maximum Gasteiger partial charge on any atom is 0.168 e. The molecule has 0 bridgehead atoms. The van der Waals surface area contributed by atoms with Gasteiger partial charge in [0, 0.05) is 20.9 Å². The van der Waals surface area contributed by atoms with Gasteiger partial charge in [0.05, 0.1) is 5.02 Å². The van der Waals surface area contributed by atoms with E-state index in [1.165, 1.54) is 12.1 Å². The van der Waals surface area contributed by atoms with Crippen LogP contribution in [0.5, 0.6) is 0 Å². The number of rotatable bonds is 3. The Bertz CT molecular complexity index is 623. The van der Waals surface area contributed by atoms with Crippen molar-refractivity contribution in [3.63, 3.8) is 0 Å². The predicted octanol–water partition coefficient (Wildman–Crippen LogP) is 5.43. The number of carbonyl (C=O) groups is 1. The summed E-state index contributed by atoms with van der Waals surface area (Å²) in [5.74, 6) is -0.527. The summed E-state index contributed by atoms with van der Waals surface area (Å²) in [7, 11) is 0. The van der Waals surface area contributed by atoms with Gasteiger partial charge in [-0.15, -0.1) is 0 Å². The Hall–Kier alpha value is -0.710. The van der Waals surface area contributed by atoms with Crippen molar-refractivity contribution in [2.45, 2.75) is 6.42 Å². The lowest BCUT2D eigenvalue weighted by Crippen LogP contribution is -2.05. The highest BCUT2D eigenvalue weighted by molar-refractivity contribution is 9.10. The average molecular weight is 406 g/mol. The van der Waals surface area contributed by atoms with Gasteiger partial charge in [0.2, 0.25) is 0 Å². The van der Waals surface area contributed by atoms with Gasteiger partial charge in [0.15, 0.2) is 5.78 Å². The van der Waals surface area contributed by atoms with Gasteiger partial charge in [-0.05, 0) is 51.8 Å². The van der Waals surface area contributed by atoms with E-state index in [1.807, 2.05) is 0 Å². The summed E-state index contributed by atoms with van der Waals surface area (Å²) in [6.45, 7) is 0. The van der Waals surface area contributed by atoms with Crippen molar-refractivity contribution < 1.29 is 9.18 Å². The van der Waals surface area contributed by atoms with Crippen molar-refractivity contribution in [2.75, 3.05) is 0 Å². The Morgan fingerprint density at radius 3 is 2.63 bits per heavy atom. The Kier molecular flexibility index (Phi) is 4.76. The summed E-state index contributed by atoms with van der Waals surface area (Å²) in [6, 6.07) is 9.56. The Morgan fingerprint density at radius 1 is 1.21 bits per heavy atom. The molecule has 0 unspecified atom stereocenters. The number of benzene rings is 2. The van der Waals surface area contributed by atoms with E-state index in [4.69, 9.17) is 11.6 Å². The summed E-state index contributed by atoms with van der Waals surface area (Å²) in [5, 5.41) is 0.378. The zero-order chi connectivity index (χ0) is 14.0. The molecule has 98 valence electrons. The number of hydrogen-bond donors (Lipinski definition) is 0. The van der Waals surface area contributed by atoms with E-state index in [1.54, 1.807) is 24.3 Å². The average Bonchev–Trinajstić information content (AvgIpc) is 2.31. The second-order valence-corrected chi connectivity index (χ2v) is 6.13. The van der Waals surface area contributed by atoms with Crippen molar-refractivity contribution in [3.8, 4) is 0 Å². The van der Waals surface area contributed by atoms with Crippen molar-refractivity contribution in [3.05, 3.63) is 67.3 Å². The van der Waals surface area contributed by atoms with Crippen molar-refractivity contribution in [2.24, 2.45) is 0 Å². The van der Waals surface area contributed by atoms with Crippen LogP contribution in [0.3, 0.4) is 0 Å². The Labute approximate surface area is 132 Å². The van der Waals surface area contributed by atoms with Crippen LogP contribution in [-0.4, -0.2) is 5.78 Å². The minimum atomic E-state index is -0.377. The number of halogens is 4. The third-order valence-electron chi connectivity index (χ3n) is 2.54. The molecule has 0 radical (unpaired) electrons. The van der Waals surface area contributed by atoms with Crippen LogP contribution >= 0.6 is 43.5 Å². The van der Waals surface area contributed by atoms with Crippen LogP contribution in [0, 0.1) is 5.82 Å². The lowest BCUT2D eigenvalue weighted by atomic mass is 10.0. The maximum atomic E-state index is 13.2. The third kappa shape index (κ3) is 3.65. The minimum absolute atomic E-state index is 0.104. The van der Waals surface area contributed by atoms with Crippen LogP contribution in [0.25, 0.3) is 0 Å². The normalized spacial score (nSPS) is 10.5. The first-order chi connectivity index (χ1) is 8.97. The van der Waals surface area contributed by atoms with Crippen LogP contribution in [0.1, 0.15) is 15.9 Å². The van der Waals surface area contributed by atoms with E-state index in [2.05, 4.69) is 31.9 Å². The van der Waals surface area contributed by atoms with Gasteiger partial charge in [-0.1, -0.05) is 33.6 Å². The highest BCUT2D eigenvalue weighted by Gasteiger charge is 2.13. The van der Waals surface area contributed by atoms with Crippen LogP contribution in [0.2, 0.25) is 5.02 Å². The van der Waals surface area contributed by atoms with Crippen LogP contribution in [-0.2, 0) is 6.42 Å². The van der Waals surface area contributed by atoms with Crippen LogP contribution < -0.4 is 0 Å². The molecule has 2 rings (SSSR count). The lowest BCUT2D eigenvalue weighted by molar-refractivity contribution is 0.0993. The molecule has 19 heavy (non-hydrogen) atoms. The lowest BCUT2D eigenvalue weighted by Gasteiger charge is -2.06. The zero-order valence-corrected chi connectivity index (χ0v) is 13.5. The summed E-state index contributed by atoms with van der Waals surface area (Å²) >= 11 is 12.5. The molecule has 2 aromatic carbocycles. The molecule has 0 N–H and O–H groups in total. The molecule has 0 aliphatic rings. The van der Waals surface area contributed by atoms with E-state index in [-0.39, 0.29) is 18.0 Å². The molecule has 0 atom stereocenters. The summed E-state index contributed by atoms with van der Waals surface area (Å²) in [6.07, 6.45) is 0.104. The minimum Gasteiger partial charge on any atom is -0.294 e. The number of hydrogen-bond acceptors (Lipinski definition) is 1. The molecule has 0 aliphatic carbocycles. The van der Waals surface area contributed by atoms with Gasteiger partial charge >= 0.3 is 0 Å². The first-order valence-corrected chi connectivity index (χ1v) is 7.36. The fourth-order valence-corrected chi connectivity index (χ4v) is 2.82. The summed E-state index contributed by atoms with van der Waals surface area (Å²) < 4.78 is 14.5. The molecular formula is C14H8Br2ClFO. The predicted molar refractivity (Wildman–Crippen MR) is 81.3 cm³/mol. The largest absolute Gasteiger partial charge is 0.294 e. The molecule has 0 saturated carbocycles. The van der Waals surface area contributed by atoms with Gasteiger partial charge in [0.25, 0.3) is 0 Å². The van der Waals surface area contributed by atoms with Gasteiger partial charge in [0.1, 0.15) is 5.82 Å². The molecule has 0 aromatic heterocycles. The standard InChI is InChI=1S/C14H8Br2ClFO/c15-9-4-8(5-10(18)7-9)6-13(19)11-2-1-3-12(16)14(11)17/h1-5,7H,6H2. The van der Waals surface area contributed by atoms with Crippen molar-refractivity contribution in [1.82, 2.24) is 0 Å². The van der Waals surface area contributed by atoms with Gasteiger partial charge < -0.3 is 0 Å². The van der Waals surface area contributed by atoms with Crippen molar-refractivity contribution in [1.29, 1.82) is 0 Å². The van der Waals surface area contributed by atoms with Gasteiger partial charge in [-0.3, -0.25) is 4.79 Å². The van der Waals surface area contributed by atoms with Crippen LogP contribution in [0.4, 0.5) is 4.39 Å². The van der Waals surface area contributed by atoms with E-state index in [0.717, 1.165) is 0 Å². The highest BCUT2D eigenvalue weighted by atomic mass is 79.9. The smallest absolute Gasteiger partial charge is 0.168 e. The molecule has 1 nitrogen and oxygen atoms in total. The first kappa shape index (κ1) is 14.7. The molecule has 0 saturated heterocycles. The molecule has 0 spiro atoms. The van der Waals surface area contributed by atoms with Gasteiger partial charge in [-0.2, -0.15) is 0 Å². The summed E-state index contributed by atoms with van der Waals surface area (Å²) in [5.41, 5.74) is 1.03. The van der Waals surface area contributed by atoms with E-state index < -0.39 is 0 Å². The zero-order valence-electron chi connectivity index (χ0n) is 9.59. The number of ketones is 1. The van der Waals surface area contributed by atoms with Crippen molar-refractivity contribution >= 4 is 49.2 Å². The highest BCUT2D eigenvalue weighted by Crippen LogP contribution is 2.27. The fourth-order valence-electron chi connectivity index (χ4n) is 1.71. The SMILES string of the molecule is O=C(Cc1cc(F)cc(Br)c1)c1cccc(Br)c1Cl. The number of carbonyl (C=O) groups excluding carboxylic acids is 1. The quantitative estimate of drug-likeness (QED) is 0.621. The molecule has 0 fully saturated rings. The maximum absolute atomic E-state index is 13.2. The molecule has 0 amide bonds. The molecule has 0 heterocycles. The monoisotopic (exact) mass is 404 g/mol. The first-order valence-electron chi connectivity index (χ1n) is 5.39. The molecular weight excluding hydrogens is 398 g/mol. The summed E-state index contributed by atoms with van der Waals surface area (Å²) in [4.78, 5) is 12.2. The number of Topliss-reactive ketones (excluding diaryl/α,β-unsaturated/α-hetero) is 1. The molecule has 2 aromatic rings. The second-order valence-electron chi connectivity index (χ2n) is 3.98. The molecule has 0 aliphatic heterocycles. The van der Waals surface area contributed by atoms with Gasteiger partial charge in [-0.25, -0.2) is 4.39 Å². The third-order valence-corrected chi connectivity index (χ3v) is 4.29. The second kappa shape index (κ2) is 6.16. The van der Waals surface area contributed by atoms with E-state index in [9.17, 15) is 9.18 Å². The topological polar surface area (TPSA) is 17.1 Å². The van der Waals surface area contributed by atoms with Crippen LogP contribution in [0.15, 0.2) is 45.3 Å². The Balaban J connectivity index is 2.28. The Morgan fingerprint density at radius 2 is 1.95 bits per heavy atom. The molecule has 5 heteroatoms. The fraction of sp³-hybridized carbons (Fsp3) is 0.0714.